The molecule has 3 heteroatoms. The van der Waals surface area contributed by atoms with Crippen molar-refractivity contribution < 1.29 is 14.4 Å². The maximum Gasteiger partial charge on any atom is 0.132 e. The first-order valence-corrected chi connectivity index (χ1v) is 8.48. The zero-order valence-electron chi connectivity index (χ0n) is 14.3. The van der Waals surface area contributed by atoms with Gasteiger partial charge in [-0.25, -0.2) is 0 Å². The van der Waals surface area contributed by atoms with E-state index in [0.717, 1.165) is 25.7 Å². The van der Waals surface area contributed by atoms with Gasteiger partial charge < -0.3 is 0 Å². The molecule has 122 valence electrons. The summed E-state index contributed by atoms with van der Waals surface area (Å²) >= 11 is 0. The first-order valence-electron chi connectivity index (χ1n) is 8.48. The predicted octanol–water partition coefficient (Wildman–Crippen LogP) is 4.66. The summed E-state index contributed by atoms with van der Waals surface area (Å²) in [5.74, 6) is 0.824. The Morgan fingerprint density at radius 2 is 0.905 bits per heavy atom. The van der Waals surface area contributed by atoms with Crippen LogP contribution in [-0.2, 0) is 14.4 Å². The fourth-order valence-electron chi connectivity index (χ4n) is 2.65. The molecule has 0 aromatic heterocycles. The van der Waals surface area contributed by atoms with Crippen LogP contribution in [-0.4, -0.2) is 17.3 Å². The summed E-state index contributed by atoms with van der Waals surface area (Å²) in [6, 6.07) is 0. The Morgan fingerprint density at radius 1 is 0.619 bits per heavy atom. The van der Waals surface area contributed by atoms with Crippen molar-refractivity contribution in [3.63, 3.8) is 0 Å². The Balaban J connectivity index is 4.76. The van der Waals surface area contributed by atoms with Crippen LogP contribution in [0.5, 0.6) is 0 Å². The molecular weight excluding hydrogens is 264 g/mol. The lowest BCUT2D eigenvalue weighted by molar-refractivity contribution is -0.119. The van der Waals surface area contributed by atoms with Crippen LogP contribution in [0.15, 0.2) is 0 Å². The second-order valence-electron chi connectivity index (χ2n) is 6.03. The third-order valence-electron chi connectivity index (χ3n) is 4.74. The summed E-state index contributed by atoms with van der Waals surface area (Å²) in [6.07, 6.45) is 6.79. The summed E-state index contributed by atoms with van der Waals surface area (Å²) in [4.78, 5) is 34.9. The molecule has 0 fully saturated rings. The van der Waals surface area contributed by atoms with E-state index in [-0.39, 0.29) is 22.8 Å². The van der Waals surface area contributed by atoms with Gasteiger partial charge >= 0.3 is 0 Å². The number of hydrogen-bond donors (Lipinski definition) is 0. The van der Waals surface area contributed by atoms with Crippen molar-refractivity contribution in [1.29, 1.82) is 0 Å². The van der Waals surface area contributed by atoms with Crippen LogP contribution in [0.2, 0.25) is 0 Å². The van der Waals surface area contributed by atoms with Gasteiger partial charge in [-0.05, 0) is 24.7 Å². The number of Topliss-reactive ketones (excluding diaryl/α,β-unsaturated/α-hetero) is 3. The summed E-state index contributed by atoms with van der Waals surface area (Å²) in [5.41, 5.74) is -0.0273. The van der Waals surface area contributed by atoms with Crippen molar-refractivity contribution in [3.05, 3.63) is 0 Å². The van der Waals surface area contributed by atoms with Gasteiger partial charge in [-0.2, -0.15) is 0 Å². The molecule has 0 amide bonds. The van der Waals surface area contributed by atoms with Crippen LogP contribution in [0.25, 0.3) is 0 Å². The van der Waals surface area contributed by atoms with Gasteiger partial charge in [-0.3, -0.25) is 14.4 Å². The van der Waals surface area contributed by atoms with Crippen LogP contribution in [0.4, 0.5) is 0 Å². The average molecular weight is 296 g/mol. The highest BCUT2D eigenvalue weighted by Gasteiger charge is 2.29. The largest absolute Gasteiger partial charge is 0.300 e. The molecule has 0 atom stereocenters. The van der Waals surface area contributed by atoms with Crippen LogP contribution in [0.1, 0.15) is 91.9 Å². The van der Waals surface area contributed by atoms with Crippen LogP contribution < -0.4 is 0 Å². The number of carbonyl (C=O) groups excluding carboxylic acids is 3. The van der Waals surface area contributed by atoms with E-state index in [9.17, 15) is 14.4 Å². The zero-order chi connectivity index (χ0) is 16.3. The van der Waals surface area contributed by atoms with E-state index in [4.69, 9.17) is 0 Å². The lowest BCUT2D eigenvalue weighted by Gasteiger charge is -2.33. The molecule has 0 unspecified atom stereocenters. The van der Waals surface area contributed by atoms with Crippen LogP contribution in [0, 0.1) is 5.41 Å². The van der Waals surface area contributed by atoms with Crippen LogP contribution in [0.3, 0.4) is 0 Å². The van der Waals surface area contributed by atoms with E-state index in [1.807, 2.05) is 20.8 Å². The summed E-state index contributed by atoms with van der Waals surface area (Å²) in [6.45, 7) is 7.77. The minimum absolute atomic E-state index is 0.0273. The molecule has 0 N–H and O–H groups in total. The quantitative estimate of drug-likeness (QED) is 0.496. The van der Waals surface area contributed by atoms with E-state index >= 15 is 0 Å². The number of ketones is 3. The fraction of sp³-hybridized carbons (Fsp3) is 0.833. The molecule has 0 aliphatic carbocycles. The van der Waals surface area contributed by atoms with Gasteiger partial charge in [-0.15, -0.1) is 0 Å². The highest BCUT2D eigenvalue weighted by molar-refractivity contribution is 5.79. The molecule has 0 saturated heterocycles. The number of rotatable bonds is 13. The van der Waals surface area contributed by atoms with E-state index in [0.29, 0.717) is 38.5 Å². The summed E-state index contributed by atoms with van der Waals surface area (Å²) in [7, 11) is 0. The van der Waals surface area contributed by atoms with Gasteiger partial charge in [0.05, 0.1) is 0 Å². The Bertz CT molecular complexity index is 294. The van der Waals surface area contributed by atoms with E-state index in [1.54, 1.807) is 0 Å². The maximum atomic E-state index is 11.6. The maximum absolute atomic E-state index is 11.6. The lowest BCUT2D eigenvalue weighted by Crippen LogP contribution is -2.24. The number of hydrogen-bond acceptors (Lipinski definition) is 3. The smallest absolute Gasteiger partial charge is 0.132 e. The highest BCUT2D eigenvalue weighted by Crippen LogP contribution is 2.39. The standard InChI is InChI=1S/C18H32O3/c1-5-15(19)9-12-18(8-4,13-10-16(20)6-2)14-11-17(21)7-3/h5-14H2,1-4H3. The Kier molecular flexibility index (Phi) is 10.2. The molecule has 0 aliphatic heterocycles. The minimum Gasteiger partial charge on any atom is -0.300 e. The lowest BCUT2D eigenvalue weighted by atomic mass is 9.72. The molecule has 21 heavy (non-hydrogen) atoms. The third-order valence-corrected chi connectivity index (χ3v) is 4.74. The van der Waals surface area contributed by atoms with Gasteiger partial charge in [0.1, 0.15) is 17.3 Å². The zero-order valence-corrected chi connectivity index (χ0v) is 14.3. The molecule has 0 heterocycles. The van der Waals surface area contributed by atoms with Crippen molar-refractivity contribution in [2.75, 3.05) is 0 Å². The fourth-order valence-corrected chi connectivity index (χ4v) is 2.65. The number of carbonyl (C=O) groups is 3. The highest BCUT2D eigenvalue weighted by atomic mass is 16.1. The normalized spacial score (nSPS) is 11.4. The Hall–Kier alpha value is -0.990. The first-order chi connectivity index (χ1) is 9.92. The first kappa shape index (κ1) is 20.0. The molecule has 3 nitrogen and oxygen atoms in total. The van der Waals surface area contributed by atoms with E-state index in [1.165, 1.54) is 0 Å². The molecule has 0 bridgehead atoms. The molecule has 0 rings (SSSR count). The monoisotopic (exact) mass is 296 g/mol. The topological polar surface area (TPSA) is 51.2 Å². The van der Waals surface area contributed by atoms with Crippen molar-refractivity contribution in [2.45, 2.75) is 91.9 Å². The minimum atomic E-state index is -0.0273. The van der Waals surface area contributed by atoms with Crippen molar-refractivity contribution in [3.8, 4) is 0 Å². The summed E-state index contributed by atoms with van der Waals surface area (Å²) in [5, 5.41) is 0. The molecule has 0 saturated carbocycles. The molecule has 0 aromatic rings. The van der Waals surface area contributed by atoms with Gasteiger partial charge in [0.25, 0.3) is 0 Å². The molecule has 0 radical (unpaired) electrons. The van der Waals surface area contributed by atoms with Crippen molar-refractivity contribution in [1.82, 2.24) is 0 Å². The van der Waals surface area contributed by atoms with E-state index < -0.39 is 0 Å². The van der Waals surface area contributed by atoms with Gasteiger partial charge in [0.15, 0.2) is 0 Å². The Morgan fingerprint density at radius 3 is 1.10 bits per heavy atom. The molecule has 0 aromatic carbocycles. The second kappa shape index (κ2) is 10.7. The summed E-state index contributed by atoms with van der Waals surface area (Å²) < 4.78 is 0. The van der Waals surface area contributed by atoms with Gasteiger partial charge in [0, 0.05) is 38.5 Å². The molecular formula is C18H32O3. The predicted molar refractivity (Wildman–Crippen MR) is 86.3 cm³/mol. The SMILES string of the molecule is CCC(=O)CCC(CC)(CCC(=O)CC)CCC(=O)CC. The van der Waals surface area contributed by atoms with Crippen molar-refractivity contribution in [2.24, 2.45) is 5.41 Å². The van der Waals surface area contributed by atoms with Crippen LogP contribution >= 0.6 is 0 Å². The van der Waals surface area contributed by atoms with Gasteiger partial charge in [-0.1, -0.05) is 34.1 Å². The van der Waals surface area contributed by atoms with E-state index in [2.05, 4.69) is 6.92 Å². The Labute approximate surface area is 129 Å². The van der Waals surface area contributed by atoms with Crippen molar-refractivity contribution >= 4 is 17.3 Å². The third kappa shape index (κ3) is 8.13. The molecule has 0 aliphatic rings. The second-order valence-corrected chi connectivity index (χ2v) is 6.03. The van der Waals surface area contributed by atoms with Gasteiger partial charge in [0.2, 0.25) is 0 Å². The molecule has 0 spiro atoms. The average Bonchev–Trinajstić information content (AvgIpc) is 2.53.